The van der Waals surface area contributed by atoms with Crippen molar-refractivity contribution in [2.24, 2.45) is 11.8 Å². The van der Waals surface area contributed by atoms with E-state index in [9.17, 15) is 5.11 Å². The van der Waals surface area contributed by atoms with Crippen LogP contribution in [0.3, 0.4) is 0 Å². The van der Waals surface area contributed by atoms with Crippen LogP contribution in [-0.4, -0.2) is 10.7 Å². The summed E-state index contributed by atoms with van der Waals surface area (Å²) in [5, 5.41) is 10.6. The molecular weight excluding hydrogens is 184 g/mol. The van der Waals surface area contributed by atoms with Crippen molar-refractivity contribution in [3.63, 3.8) is 0 Å². The lowest BCUT2D eigenvalue weighted by molar-refractivity contribution is -0.0367. The Labute approximate surface area is 95.3 Å². The third-order valence-corrected chi connectivity index (χ3v) is 4.34. The van der Waals surface area contributed by atoms with E-state index in [1.165, 1.54) is 44.9 Å². The van der Waals surface area contributed by atoms with Crippen LogP contribution in [0, 0.1) is 11.8 Å². The molecule has 0 aromatic carbocycles. The number of hydrogen-bond acceptors (Lipinski definition) is 1. The van der Waals surface area contributed by atoms with Crippen LogP contribution in [0.15, 0.2) is 0 Å². The normalized spacial score (nSPS) is 23.0. The van der Waals surface area contributed by atoms with E-state index in [0.29, 0.717) is 11.8 Å². The molecule has 1 aliphatic carbocycles. The predicted octanol–water partition coefficient (Wildman–Crippen LogP) is 4.14. The summed E-state index contributed by atoms with van der Waals surface area (Å²) in [5.74, 6) is 1.27. The summed E-state index contributed by atoms with van der Waals surface area (Å²) in [7, 11) is 0. The first-order valence-electron chi connectivity index (χ1n) is 6.82. The van der Waals surface area contributed by atoms with Crippen molar-refractivity contribution in [1.82, 2.24) is 0 Å². The smallest absolute Gasteiger partial charge is 0.0650 e. The molecule has 0 amide bonds. The van der Waals surface area contributed by atoms with E-state index in [1.54, 1.807) is 0 Å². The fourth-order valence-corrected chi connectivity index (χ4v) is 3.05. The third-order valence-electron chi connectivity index (χ3n) is 4.34. The lowest BCUT2D eigenvalue weighted by Crippen LogP contribution is -2.37. The Morgan fingerprint density at radius 3 is 2.13 bits per heavy atom. The van der Waals surface area contributed by atoms with Crippen LogP contribution < -0.4 is 0 Å². The second-order valence-corrected chi connectivity index (χ2v) is 5.58. The molecule has 0 aliphatic heterocycles. The fourth-order valence-electron chi connectivity index (χ4n) is 3.05. The molecule has 1 fully saturated rings. The molecule has 1 nitrogen and oxygen atoms in total. The van der Waals surface area contributed by atoms with Crippen molar-refractivity contribution in [2.45, 2.75) is 77.7 Å². The number of rotatable bonds is 5. The van der Waals surface area contributed by atoms with E-state index in [4.69, 9.17) is 0 Å². The van der Waals surface area contributed by atoms with Crippen molar-refractivity contribution in [2.75, 3.05) is 0 Å². The summed E-state index contributed by atoms with van der Waals surface area (Å²) in [6.07, 6.45) is 9.93. The van der Waals surface area contributed by atoms with Gasteiger partial charge in [0.1, 0.15) is 0 Å². The zero-order chi connectivity index (χ0) is 11.3. The summed E-state index contributed by atoms with van der Waals surface area (Å²) >= 11 is 0. The summed E-state index contributed by atoms with van der Waals surface area (Å²) < 4.78 is 0. The van der Waals surface area contributed by atoms with E-state index in [1.807, 2.05) is 0 Å². The Bertz CT molecular complexity index is 164. The topological polar surface area (TPSA) is 20.2 Å². The molecule has 0 spiro atoms. The molecule has 0 aromatic heterocycles. The van der Waals surface area contributed by atoms with Crippen LogP contribution in [0.2, 0.25) is 0 Å². The van der Waals surface area contributed by atoms with Crippen molar-refractivity contribution >= 4 is 0 Å². The molecule has 1 aliphatic rings. The minimum absolute atomic E-state index is 0.406. The van der Waals surface area contributed by atoms with Gasteiger partial charge < -0.3 is 5.11 Å². The van der Waals surface area contributed by atoms with Crippen molar-refractivity contribution in [3.8, 4) is 0 Å². The quantitative estimate of drug-likeness (QED) is 0.726. The Morgan fingerprint density at radius 2 is 1.67 bits per heavy atom. The molecule has 1 heteroatoms. The molecular formula is C14H28O. The van der Waals surface area contributed by atoms with E-state index in [0.717, 1.165) is 6.42 Å². The van der Waals surface area contributed by atoms with Gasteiger partial charge in [-0.15, -0.1) is 0 Å². The monoisotopic (exact) mass is 212 g/mol. The van der Waals surface area contributed by atoms with Crippen LogP contribution in [0.25, 0.3) is 0 Å². The molecule has 15 heavy (non-hydrogen) atoms. The summed E-state index contributed by atoms with van der Waals surface area (Å²) in [6.45, 7) is 6.55. The Balaban J connectivity index is 2.47. The maximum absolute atomic E-state index is 10.6. The second kappa shape index (κ2) is 5.89. The predicted molar refractivity (Wildman–Crippen MR) is 65.9 cm³/mol. The summed E-state index contributed by atoms with van der Waals surface area (Å²) in [6, 6.07) is 0. The summed E-state index contributed by atoms with van der Waals surface area (Å²) in [4.78, 5) is 0. The molecule has 1 atom stereocenters. The van der Waals surface area contributed by atoms with Crippen molar-refractivity contribution in [3.05, 3.63) is 0 Å². The highest BCUT2D eigenvalue weighted by atomic mass is 16.3. The average molecular weight is 212 g/mol. The SMILES string of the molecule is CCC(CC)CC(C)(O)C1CCCCC1. The zero-order valence-electron chi connectivity index (χ0n) is 10.8. The largest absolute Gasteiger partial charge is 0.390 e. The molecule has 0 bridgehead atoms. The van der Waals surface area contributed by atoms with Crippen LogP contribution in [-0.2, 0) is 0 Å². The highest BCUT2D eigenvalue weighted by molar-refractivity contribution is 4.85. The van der Waals surface area contributed by atoms with Gasteiger partial charge in [0, 0.05) is 0 Å². The molecule has 1 rings (SSSR count). The van der Waals surface area contributed by atoms with Gasteiger partial charge in [-0.2, -0.15) is 0 Å². The minimum Gasteiger partial charge on any atom is -0.390 e. The lowest BCUT2D eigenvalue weighted by Gasteiger charge is -2.37. The Hall–Kier alpha value is -0.0400. The molecule has 1 N–H and O–H groups in total. The van der Waals surface area contributed by atoms with E-state index >= 15 is 0 Å². The van der Waals surface area contributed by atoms with Gasteiger partial charge in [-0.05, 0) is 38.0 Å². The molecule has 0 aromatic rings. The maximum Gasteiger partial charge on any atom is 0.0650 e. The van der Waals surface area contributed by atoms with Gasteiger partial charge in [-0.3, -0.25) is 0 Å². The van der Waals surface area contributed by atoms with Gasteiger partial charge in [0.25, 0.3) is 0 Å². The van der Waals surface area contributed by atoms with Gasteiger partial charge in [-0.25, -0.2) is 0 Å². The van der Waals surface area contributed by atoms with Crippen LogP contribution >= 0.6 is 0 Å². The number of aliphatic hydroxyl groups is 1. The highest BCUT2D eigenvalue weighted by Crippen LogP contribution is 2.37. The van der Waals surface area contributed by atoms with Crippen molar-refractivity contribution < 1.29 is 5.11 Å². The number of hydrogen-bond donors (Lipinski definition) is 1. The van der Waals surface area contributed by atoms with Gasteiger partial charge in [0.2, 0.25) is 0 Å². The maximum atomic E-state index is 10.6. The molecule has 90 valence electrons. The van der Waals surface area contributed by atoms with Gasteiger partial charge in [0.15, 0.2) is 0 Å². The van der Waals surface area contributed by atoms with Crippen LogP contribution in [0.5, 0.6) is 0 Å². The first-order valence-corrected chi connectivity index (χ1v) is 6.82. The first kappa shape index (κ1) is 13.0. The van der Waals surface area contributed by atoms with E-state index in [-0.39, 0.29) is 0 Å². The standard InChI is InChI=1S/C14H28O/c1-4-12(5-2)11-14(3,15)13-9-7-6-8-10-13/h12-13,15H,4-11H2,1-3H3. The Kier molecular flexibility index (Phi) is 5.11. The molecule has 0 saturated heterocycles. The van der Waals surface area contributed by atoms with Gasteiger partial charge in [-0.1, -0.05) is 46.0 Å². The van der Waals surface area contributed by atoms with Gasteiger partial charge >= 0.3 is 0 Å². The fraction of sp³-hybridized carbons (Fsp3) is 1.00. The van der Waals surface area contributed by atoms with Crippen LogP contribution in [0.4, 0.5) is 0 Å². The summed E-state index contributed by atoms with van der Waals surface area (Å²) in [5.41, 5.74) is -0.406. The van der Waals surface area contributed by atoms with E-state index < -0.39 is 5.60 Å². The first-order chi connectivity index (χ1) is 7.10. The second-order valence-electron chi connectivity index (χ2n) is 5.58. The van der Waals surface area contributed by atoms with Crippen LogP contribution in [0.1, 0.15) is 72.1 Å². The molecule has 1 unspecified atom stereocenters. The average Bonchev–Trinajstić information content (AvgIpc) is 2.27. The molecule has 1 saturated carbocycles. The Morgan fingerprint density at radius 1 is 1.13 bits per heavy atom. The molecule has 0 heterocycles. The third kappa shape index (κ3) is 3.79. The molecule has 0 radical (unpaired) electrons. The minimum atomic E-state index is -0.406. The van der Waals surface area contributed by atoms with Crippen molar-refractivity contribution in [1.29, 1.82) is 0 Å². The zero-order valence-corrected chi connectivity index (χ0v) is 10.8. The highest BCUT2D eigenvalue weighted by Gasteiger charge is 2.33. The van der Waals surface area contributed by atoms with Gasteiger partial charge in [0.05, 0.1) is 5.60 Å². The lowest BCUT2D eigenvalue weighted by atomic mass is 9.73. The van der Waals surface area contributed by atoms with E-state index in [2.05, 4.69) is 20.8 Å².